The van der Waals surface area contributed by atoms with Crippen LogP contribution in [0.1, 0.15) is 25.0 Å². The summed E-state index contributed by atoms with van der Waals surface area (Å²) in [5.41, 5.74) is 0.685. The van der Waals surface area contributed by atoms with Gasteiger partial charge in [-0.2, -0.15) is 0 Å². The van der Waals surface area contributed by atoms with Gasteiger partial charge in [0.25, 0.3) is 0 Å². The number of nitrogens with one attached hydrogen (secondary N) is 2. The van der Waals surface area contributed by atoms with E-state index in [2.05, 4.69) is 20.6 Å². The molecule has 3 N–H and O–H groups in total. The molecule has 0 aliphatic carbocycles. The molecule has 1 atom stereocenters. The van der Waals surface area contributed by atoms with Crippen molar-refractivity contribution in [1.29, 1.82) is 0 Å². The first kappa shape index (κ1) is 25.5. The Morgan fingerprint density at radius 1 is 1.09 bits per heavy atom. The summed E-state index contributed by atoms with van der Waals surface area (Å²) < 4.78 is 18.8. The highest BCUT2D eigenvalue weighted by molar-refractivity contribution is 14.0. The molecule has 0 fully saturated rings. The van der Waals surface area contributed by atoms with Crippen LogP contribution in [0.15, 0.2) is 77.9 Å². The van der Waals surface area contributed by atoms with Crippen molar-refractivity contribution in [3.8, 4) is 11.6 Å². The second kappa shape index (κ2) is 12.4. The lowest BCUT2D eigenvalue weighted by molar-refractivity contribution is 0.0617. The Bertz CT molecular complexity index is 998. The van der Waals surface area contributed by atoms with E-state index in [0.29, 0.717) is 37.2 Å². The van der Waals surface area contributed by atoms with E-state index in [4.69, 9.17) is 4.74 Å². The maximum Gasteiger partial charge on any atom is 0.219 e. The zero-order chi connectivity index (χ0) is 22.1. The zero-order valence-electron chi connectivity index (χ0n) is 18.1. The highest BCUT2D eigenvalue weighted by atomic mass is 127. The Labute approximate surface area is 205 Å². The SMILES string of the molecule is CCNC(=NCc1ccc(Oc2cccc(F)c2)nc1)NCC(C)(O)c1ccccc1.I. The number of guanidine groups is 1. The normalized spacial score (nSPS) is 12.9. The van der Waals surface area contributed by atoms with Gasteiger partial charge in [-0.3, -0.25) is 0 Å². The Kier molecular flexibility index (Phi) is 9.86. The summed E-state index contributed by atoms with van der Waals surface area (Å²) in [6, 6.07) is 19.0. The van der Waals surface area contributed by atoms with Crippen LogP contribution in [0, 0.1) is 5.82 Å². The van der Waals surface area contributed by atoms with Crippen LogP contribution in [0.5, 0.6) is 11.6 Å². The van der Waals surface area contributed by atoms with Gasteiger partial charge in [-0.25, -0.2) is 14.4 Å². The summed E-state index contributed by atoms with van der Waals surface area (Å²) in [5, 5.41) is 17.1. The smallest absolute Gasteiger partial charge is 0.219 e. The molecule has 0 aliphatic rings. The predicted octanol–water partition coefficient (Wildman–Crippen LogP) is 4.59. The number of rotatable bonds is 8. The van der Waals surface area contributed by atoms with Gasteiger partial charge in [0, 0.05) is 24.9 Å². The lowest BCUT2D eigenvalue weighted by Gasteiger charge is -2.25. The maximum atomic E-state index is 13.3. The van der Waals surface area contributed by atoms with E-state index < -0.39 is 5.60 Å². The van der Waals surface area contributed by atoms with Crippen LogP contribution in [0.3, 0.4) is 0 Å². The van der Waals surface area contributed by atoms with Crippen molar-refractivity contribution in [2.75, 3.05) is 13.1 Å². The largest absolute Gasteiger partial charge is 0.439 e. The number of aliphatic hydroxyl groups is 1. The summed E-state index contributed by atoms with van der Waals surface area (Å²) in [6.45, 7) is 5.14. The van der Waals surface area contributed by atoms with E-state index in [0.717, 1.165) is 11.1 Å². The van der Waals surface area contributed by atoms with Crippen molar-refractivity contribution < 1.29 is 14.2 Å². The van der Waals surface area contributed by atoms with Gasteiger partial charge < -0.3 is 20.5 Å². The molecule has 32 heavy (non-hydrogen) atoms. The van der Waals surface area contributed by atoms with Gasteiger partial charge >= 0.3 is 0 Å². The molecular formula is C24H28FIN4O2. The minimum absolute atomic E-state index is 0. The average Bonchev–Trinajstić information content (AvgIpc) is 2.77. The van der Waals surface area contributed by atoms with Gasteiger partial charge in [0.2, 0.25) is 5.88 Å². The molecule has 3 aromatic rings. The molecule has 0 aliphatic heterocycles. The lowest BCUT2D eigenvalue weighted by atomic mass is 9.96. The molecule has 1 unspecified atom stereocenters. The molecule has 0 bridgehead atoms. The van der Waals surface area contributed by atoms with Gasteiger partial charge in [-0.05, 0) is 37.1 Å². The highest BCUT2D eigenvalue weighted by Crippen LogP contribution is 2.20. The van der Waals surface area contributed by atoms with Crippen LogP contribution in [-0.4, -0.2) is 29.1 Å². The van der Waals surface area contributed by atoms with Crippen molar-refractivity contribution >= 4 is 29.9 Å². The summed E-state index contributed by atoms with van der Waals surface area (Å²) >= 11 is 0. The topological polar surface area (TPSA) is 78.8 Å². The van der Waals surface area contributed by atoms with Crippen molar-refractivity contribution in [3.05, 3.63) is 89.9 Å². The molecule has 170 valence electrons. The molecule has 3 rings (SSSR count). The number of nitrogens with zero attached hydrogens (tertiary/aromatic N) is 2. The third-order valence-corrected chi connectivity index (χ3v) is 4.58. The first-order valence-electron chi connectivity index (χ1n) is 10.1. The van der Waals surface area contributed by atoms with Crippen LogP contribution < -0.4 is 15.4 Å². The van der Waals surface area contributed by atoms with Gasteiger partial charge in [-0.15, -0.1) is 24.0 Å². The number of aliphatic imine (C=N–C) groups is 1. The molecule has 0 amide bonds. The number of ether oxygens (including phenoxy) is 1. The fourth-order valence-corrected chi connectivity index (χ4v) is 2.88. The van der Waals surface area contributed by atoms with E-state index in [1.54, 1.807) is 31.3 Å². The summed E-state index contributed by atoms with van der Waals surface area (Å²) in [4.78, 5) is 8.82. The van der Waals surface area contributed by atoms with Crippen LogP contribution in [0.4, 0.5) is 4.39 Å². The van der Waals surface area contributed by atoms with E-state index in [-0.39, 0.29) is 29.8 Å². The standard InChI is InChI=1S/C24H27FN4O2.HI/c1-3-26-23(29-17-24(2,30)19-8-5-4-6-9-19)28-16-18-12-13-22(27-15-18)31-21-11-7-10-20(25)14-21;/h4-15,30H,3,16-17H2,1-2H3,(H2,26,28,29);1H. The van der Waals surface area contributed by atoms with Crippen LogP contribution in [0.25, 0.3) is 0 Å². The van der Waals surface area contributed by atoms with Crippen LogP contribution in [0.2, 0.25) is 0 Å². The maximum absolute atomic E-state index is 13.3. The Balaban J connectivity index is 0.00000363. The minimum Gasteiger partial charge on any atom is -0.439 e. The average molecular weight is 550 g/mol. The monoisotopic (exact) mass is 550 g/mol. The summed E-state index contributed by atoms with van der Waals surface area (Å²) in [5.74, 6) is 1.00. The van der Waals surface area contributed by atoms with Crippen LogP contribution >= 0.6 is 24.0 Å². The molecule has 8 heteroatoms. The summed E-state index contributed by atoms with van der Waals surface area (Å²) in [7, 11) is 0. The van der Waals surface area contributed by atoms with Gasteiger partial charge in [-0.1, -0.05) is 42.5 Å². The minimum atomic E-state index is -1.03. The fourth-order valence-electron chi connectivity index (χ4n) is 2.88. The van der Waals surface area contributed by atoms with Gasteiger partial charge in [0.15, 0.2) is 5.96 Å². The van der Waals surface area contributed by atoms with Gasteiger partial charge in [0.05, 0.1) is 13.1 Å². The Hall–Kier alpha value is -2.72. The number of hydrogen-bond donors (Lipinski definition) is 3. The molecule has 0 saturated carbocycles. The number of hydrogen-bond acceptors (Lipinski definition) is 4. The molecule has 0 saturated heterocycles. The molecule has 0 radical (unpaired) electrons. The number of benzene rings is 2. The highest BCUT2D eigenvalue weighted by Gasteiger charge is 2.22. The Morgan fingerprint density at radius 2 is 1.88 bits per heavy atom. The zero-order valence-corrected chi connectivity index (χ0v) is 20.4. The van der Waals surface area contributed by atoms with E-state index >= 15 is 0 Å². The number of pyridine rings is 1. The third kappa shape index (κ3) is 7.76. The van der Waals surface area contributed by atoms with E-state index in [1.807, 2.05) is 43.3 Å². The van der Waals surface area contributed by atoms with Crippen molar-refractivity contribution in [2.45, 2.75) is 26.0 Å². The second-order valence-electron chi connectivity index (χ2n) is 7.25. The molecule has 0 spiro atoms. The molecule has 6 nitrogen and oxygen atoms in total. The first-order chi connectivity index (χ1) is 15.0. The molecular weight excluding hydrogens is 522 g/mol. The lowest BCUT2D eigenvalue weighted by Crippen LogP contribution is -2.44. The third-order valence-electron chi connectivity index (χ3n) is 4.58. The predicted molar refractivity (Wildman–Crippen MR) is 135 cm³/mol. The van der Waals surface area contributed by atoms with E-state index in [1.165, 1.54) is 12.1 Å². The van der Waals surface area contributed by atoms with E-state index in [9.17, 15) is 9.50 Å². The van der Waals surface area contributed by atoms with Crippen molar-refractivity contribution in [3.63, 3.8) is 0 Å². The molecule has 1 heterocycles. The van der Waals surface area contributed by atoms with Gasteiger partial charge in [0.1, 0.15) is 17.2 Å². The van der Waals surface area contributed by atoms with Crippen LogP contribution in [-0.2, 0) is 12.1 Å². The Morgan fingerprint density at radius 3 is 2.53 bits per heavy atom. The quantitative estimate of drug-likeness (QED) is 0.217. The van der Waals surface area contributed by atoms with Crippen molar-refractivity contribution in [2.24, 2.45) is 4.99 Å². The fraction of sp³-hybridized carbons (Fsp3) is 0.250. The number of aromatic nitrogens is 1. The summed E-state index contributed by atoms with van der Waals surface area (Å²) in [6.07, 6.45) is 1.67. The first-order valence-corrected chi connectivity index (χ1v) is 10.1. The van der Waals surface area contributed by atoms with Crippen molar-refractivity contribution in [1.82, 2.24) is 15.6 Å². The molecule has 2 aromatic carbocycles. The number of halogens is 2. The molecule has 1 aromatic heterocycles. The second-order valence-corrected chi connectivity index (χ2v) is 7.25.